The molecular weight excluding hydrogens is 456 g/mol. The van der Waals surface area contributed by atoms with Crippen LogP contribution in [-0.4, -0.2) is 52.6 Å². The van der Waals surface area contributed by atoms with Gasteiger partial charge in [-0.15, -0.1) is 0 Å². The minimum atomic E-state index is -0.534. The van der Waals surface area contributed by atoms with Gasteiger partial charge >= 0.3 is 5.69 Å². The zero-order chi connectivity index (χ0) is 26.3. The quantitative estimate of drug-likeness (QED) is 0.189. The number of rotatable bonds is 5. The number of hydrogen-bond donors (Lipinski definition) is 2. The van der Waals surface area contributed by atoms with Gasteiger partial charge in [-0.25, -0.2) is 0 Å². The van der Waals surface area contributed by atoms with E-state index in [2.05, 4.69) is 0 Å². The number of carbonyl (C=O) groups is 2. The summed E-state index contributed by atoms with van der Waals surface area (Å²) in [4.78, 5) is 32.3. The van der Waals surface area contributed by atoms with Crippen molar-refractivity contribution in [3.8, 4) is 11.5 Å². The molecule has 2 aromatic carbocycles. The second-order valence-electron chi connectivity index (χ2n) is 7.29. The standard InChI is InChI=1S/C11H10N2O4.C11H12N2O2.C2H6O/c1-12-5-7(6-14)10-8(12)3-4-9(17-2)11(10)13(15)16;1-13-5-7(6-14)10-8(13)3-4-9(15-2)11(10)12;1-2-3/h3-6H,1-2H3;3-6H,12H2,1-2H3;3H,2H2,1H3. The maximum absolute atomic E-state index is 11.1. The Morgan fingerprint density at radius 3 is 1.80 bits per heavy atom. The SMILES string of the molecule is CCO.COc1ccc2c(c(C=O)cn2C)c1N.COc1ccc2c(c(C=O)cn2C)c1[N+](=O)[O-]. The number of nitrogen functional groups attached to an aromatic ring is 1. The average molecular weight is 485 g/mol. The summed E-state index contributed by atoms with van der Waals surface area (Å²) >= 11 is 0. The first-order valence-corrected chi connectivity index (χ1v) is 10.4. The lowest BCUT2D eigenvalue weighted by Gasteiger charge is -2.06. The summed E-state index contributed by atoms with van der Waals surface area (Å²) in [5, 5.41) is 19.7. The zero-order valence-corrected chi connectivity index (χ0v) is 20.1. The van der Waals surface area contributed by atoms with Crippen molar-refractivity contribution in [1.82, 2.24) is 9.13 Å². The van der Waals surface area contributed by atoms with Gasteiger partial charge in [0, 0.05) is 49.6 Å². The normalized spacial score (nSPS) is 10.1. The highest BCUT2D eigenvalue weighted by atomic mass is 16.6. The molecule has 2 aromatic heterocycles. The lowest BCUT2D eigenvalue weighted by molar-refractivity contribution is -0.383. The molecule has 0 atom stereocenters. The van der Waals surface area contributed by atoms with Crippen LogP contribution in [0.4, 0.5) is 11.4 Å². The van der Waals surface area contributed by atoms with Crippen molar-refractivity contribution in [2.75, 3.05) is 26.6 Å². The topological polar surface area (TPSA) is 152 Å². The molecule has 0 aliphatic rings. The first-order chi connectivity index (χ1) is 16.7. The molecule has 0 saturated heterocycles. The Labute approximate surface area is 201 Å². The van der Waals surface area contributed by atoms with Gasteiger partial charge in [-0.3, -0.25) is 19.7 Å². The van der Waals surface area contributed by atoms with Crippen LogP contribution in [0.1, 0.15) is 27.6 Å². The Kier molecular flexibility index (Phi) is 8.95. The van der Waals surface area contributed by atoms with E-state index in [0.717, 1.165) is 17.2 Å². The summed E-state index contributed by atoms with van der Waals surface area (Å²) in [6, 6.07) is 6.90. The highest BCUT2D eigenvalue weighted by Gasteiger charge is 2.24. The highest BCUT2D eigenvalue weighted by Crippen LogP contribution is 2.37. The molecule has 0 spiro atoms. The Balaban J connectivity index is 0.000000223. The molecule has 11 nitrogen and oxygen atoms in total. The van der Waals surface area contributed by atoms with E-state index in [9.17, 15) is 19.7 Å². The number of aromatic nitrogens is 2. The molecule has 35 heavy (non-hydrogen) atoms. The number of benzene rings is 2. The molecular formula is C24H28N4O7. The minimum absolute atomic E-state index is 0.150. The van der Waals surface area contributed by atoms with Gasteiger partial charge in [0.15, 0.2) is 18.3 Å². The largest absolute Gasteiger partial charge is 0.495 e. The first-order valence-electron chi connectivity index (χ1n) is 10.4. The van der Waals surface area contributed by atoms with E-state index in [4.69, 9.17) is 20.3 Å². The number of nitro groups is 1. The molecule has 0 aliphatic carbocycles. The van der Waals surface area contributed by atoms with Crippen molar-refractivity contribution in [1.29, 1.82) is 0 Å². The number of hydrogen-bond acceptors (Lipinski definition) is 8. The van der Waals surface area contributed by atoms with E-state index in [1.165, 1.54) is 13.2 Å². The number of aryl methyl sites for hydroxylation is 2. The fourth-order valence-corrected chi connectivity index (χ4v) is 3.71. The van der Waals surface area contributed by atoms with Crippen molar-refractivity contribution in [3.63, 3.8) is 0 Å². The van der Waals surface area contributed by atoms with Gasteiger partial charge in [-0.2, -0.15) is 0 Å². The number of fused-ring (bicyclic) bond motifs is 2. The smallest absolute Gasteiger partial charge is 0.320 e. The zero-order valence-electron chi connectivity index (χ0n) is 20.1. The maximum atomic E-state index is 11.1. The van der Waals surface area contributed by atoms with Gasteiger partial charge in [0.2, 0.25) is 0 Å². The van der Waals surface area contributed by atoms with E-state index < -0.39 is 4.92 Å². The van der Waals surface area contributed by atoms with E-state index >= 15 is 0 Å². The summed E-state index contributed by atoms with van der Waals surface area (Å²) in [5.74, 6) is 0.744. The third-order valence-corrected chi connectivity index (χ3v) is 5.18. The molecule has 4 rings (SSSR count). The molecule has 186 valence electrons. The molecule has 0 unspecified atom stereocenters. The van der Waals surface area contributed by atoms with E-state index in [1.54, 1.807) is 50.2 Å². The van der Waals surface area contributed by atoms with Crippen LogP contribution in [0.15, 0.2) is 36.7 Å². The minimum Gasteiger partial charge on any atom is -0.495 e. The molecule has 0 saturated carbocycles. The number of aliphatic hydroxyl groups is 1. The van der Waals surface area contributed by atoms with E-state index in [0.29, 0.717) is 34.2 Å². The van der Waals surface area contributed by atoms with Gasteiger partial charge in [0.1, 0.15) is 5.75 Å². The van der Waals surface area contributed by atoms with Crippen molar-refractivity contribution in [2.24, 2.45) is 14.1 Å². The number of aliphatic hydroxyl groups excluding tert-OH is 1. The van der Waals surface area contributed by atoms with Crippen LogP contribution in [-0.2, 0) is 14.1 Å². The molecule has 0 radical (unpaired) electrons. The molecule has 2 heterocycles. The Hall–Kier alpha value is -4.38. The van der Waals surface area contributed by atoms with Crippen molar-refractivity contribution in [2.45, 2.75) is 6.92 Å². The highest BCUT2D eigenvalue weighted by molar-refractivity contribution is 6.06. The summed E-state index contributed by atoms with van der Waals surface area (Å²) < 4.78 is 13.6. The summed E-state index contributed by atoms with van der Waals surface area (Å²) in [6.07, 6.45) is 4.73. The maximum Gasteiger partial charge on any atom is 0.320 e. The predicted molar refractivity (Wildman–Crippen MR) is 134 cm³/mol. The number of nitrogens with two attached hydrogens (primary N) is 1. The summed E-state index contributed by atoms with van der Waals surface area (Å²) in [6.45, 7) is 1.93. The van der Waals surface area contributed by atoms with Gasteiger partial charge in [0.05, 0.1) is 41.2 Å². The van der Waals surface area contributed by atoms with Crippen LogP contribution in [0.25, 0.3) is 21.8 Å². The molecule has 0 amide bonds. The fourth-order valence-electron chi connectivity index (χ4n) is 3.71. The van der Waals surface area contributed by atoms with Crippen LogP contribution >= 0.6 is 0 Å². The first kappa shape index (κ1) is 26.9. The van der Waals surface area contributed by atoms with Crippen LogP contribution in [0, 0.1) is 10.1 Å². The number of carbonyl (C=O) groups excluding carboxylic acids is 2. The number of nitro benzene ring substituents is 1. The monoisotopic (exact) mass is 484 g/mol. The second kappa shape index (κ2) is 11.7. The Morgan fingerprint density at radius 1 is 0.943 bits per heavy atom. The Morgan fingerprint density at radius 2 is 1.37 bits per heavy atom. The summed E-state index contributed by atoms with van der Waals surface area (Å²) in [7, 11) is 6.52. The van der Waals surface area contributed by atoms with Crippen LogP contribution in [0.2, 0.25) is 0 Å². The molecule has 0 fully saturated rings. The number of ether oxygens (including phenoxy) is 2. The lowest BCUT2D eigenvalue weighted by atomic mass is 10.1. The molecule has 0 bridgehead atoms. The van der Waals surface area contributed by atoms with Gasteiger partial charge in [-0.05, 0) is 31.2 Å². The predicted octanol–water partition coefficient (Wildman–Crippen LogP) is 3.49. The lowest BCUT2D eigenvalue weighted by Crippen LogP contribution is -1.95. The average Bonchev–Trinajstić information content (AvgIpc) is 3.36. The molecule has 3 N–H and O–H groups in total. The fraction of sp³-hybridized carbons (Fsp3) is 0.250. The number of methoxy groups -OCH3 is 2. The number of anilines is 1. The third-order valence-electron chi connectivity index (χ3n) is 5.18. The summed E-state index contributed by atoms with van der Waals surface area (Å²) in [5.41, 5.74) is 8.68. The van der Waals surface area contributed by atoms with Crippen LogP contribution < -0.4 is 15.2 Å². The number of aldehydes is 2. The van der Waals surface area contributed by atoms with Gasteiger partial charge in [-0.1, -0.05) is 0 Å². The van der Waals surface area contributed by atoms with E-state index in [1.807, 2.05) is 17.7 Å². The van der Waals surface area contributed by atoms with Crippen molar-refractivity contribution in [3.05, 3.63) is 57.9 Å². The van der Waals surface area contributed by atoms with Crippen LogP contribution in [0.3, 0.4) is 0 Å². The third kappa shape index (κ3) is 5.25. The molecule has 0 aliphatic heterocycles. The van der Waals surface area contributed by atoms with Crippen molar-refractivity contribution < 1.29 is 29.1 Å². The Bertz CT molecular complexity index is 1370. The molecule has 4 aromatic rings. The van der Waals surface area contributed by atoms with Crippen molar-refractivity contribution >= 4 is 45.8 Å². The van der Waals surface area contributed by atoms with Gasteiger partial charge in [0.25, 0.3) is 0 Å². The van der Waals surface area contributed by atoms with Crippen LogP contribution in [0.5, 0.6) is 11.5 Å². The second-order valence-corrected chi connectivity index (χ2v) is 7.29. The molecule has 11 heteroatoms. The number of nitrogens with zero attached hydrogens (tertiary/aromatic N) is 3. The van der Waals surface area contributed by atoms with Gasteiger partial charge < -0.3 is 29.4 Å². The van der Waals surface area contributed by atoms with E-state index in [-0.39, 0.29) is 23.6 Å².